The van der Waals surface area contributed by atoms with Crippen LogP contribution in [0.15, 0.2) is 0 Å². The van der Waals surface area contributed by atoms with Crippen molar-refractivity contribution >= 4 is 22.4 Å². The Balaban J connectivity index is 2.59. The van der Waals surface area contributed by atoms with Crippen molar-refractivity contribution in [2.45, 2.75) is 39.7 Å². The fraction of sp³-hybridized carbons (Fsp3) is 0.727. The lowest BCUT2D eigenvalue weighted by atomic mass is 9.95. The van der Waals surface area contributed by atoms with Gasteiger partial charge in [-0.1, -0.05) is 38.0 Å². The van der Waals surface area contributed by atoms with E-state index >= 15 is 0 Å². The molecule has 2 N–H and O–H groups in total. The van der Waals surface area contributed by atoms with E-state index in [0.29, 0.717) is 16.1 Å². The number of carbonyl (C=O) groups excluding carboxylic acids is 1. The molecule has 0 fully saturated rings. The van der Waals surface area contributed by atoms with Crippen LogP contribution in [0.25, 0.3) is 0 Å². The maximum Gasteiger partial charge on any atom is 0.282 e. The average Bonchev–Trinajstić information content (AvgIpc) is 2.79. The summed E-state index contributed by atoms with van der Waals surface area (Å²) in [5, 5.41) is 14.6. The Morgan fingerprint density at radius 2 is 2.00 bits per heavy atom. The van der Waals surface area contributed by atoms with E-state index in [-0.39, 0.29) is 11.9 Å². The molecule has 0 aliphatic carbocycles. The highest BCUT2D eigenvalue weighted by molar-refractivity contribution is 7.17. The van der Waals surface area contributed by atoms with Gasteiger partial charge in [-0.05, 0) is 12.8 Å². The molecule has 1 amide bonds. The number of nitrogens with one attached hydrogen (secondary N) is 2. The molecule has 0 aliphatic heterocycles. The van der Waals surface area contributed by atoms with Gasteiger partial charge < -0.3 is 10.6 Å². The molecule has 0 spiro atoms. The number of hydrogen-bond acceptors (Lipinski definition) is 5. The molecule has 1 aromatic rings. The quantitative estimate of drug-likeness (QED) is 0.818. The largest absolute Gasteiger partial charge is 0.363 e. The molecule has 0 aliphatic rings. The fourth-order valence-corrected chi connectivity index (χ4v) is 2.40. The second-order valence-corrected chi connectivity index (χ2v) is 4.98. The normalized spacial score (nSPS) is 12.5. The second kappa shape index (κ2) is 6.54. The maximum atomic E-state index is 11.9. The second-order valence-electron chi connectivity index (χ2n) is 4.00. The molecule has 1 heterocycles. The highest BCUT2D eigenvalue weighted by Gasteiger charge is 2.19. The zero-order valence-electron chi connectivity index (χ0n) is 10.8. The highest BCUT2D eigenvalue weighted by Crippen LogP contribution is 2.16. The van der Waals surface area contributed by atoms with E-state index in [4.69, 9.17) is 0 Å². The summed E-state index contributed by atoms with van der Waals surface area (Å²) in [6.45, 7) is 6.32. The Morgan fingerprint density at radius 3 is 2.47 bits per heavy atom. The molecule has 96 valence electrons. The van der Waals surface area contributed by atoms with E-state index in [1.54, 1.807) is 7.05 Å². The van der Waals surface area contributed by atoms with Crippen molar-refractivity contribution in [3.63, 3.8) is 0 Å². The van der Waals surface area contributed by atoms with Crippen molar-refractivity contribution in [3.8, 4) is 0 Å². The van der Waals surface area contributed by atoms with Crippen LogP contribution in [0, 0.1) is 5.92 Å². The van der Waals surface area contributed by atoms with Crippen LogP contribution in [0.4, 0.5) is 5.13 Å². The minimum absolute atomic E-state index is 0.136. The van der Waals surface area contributed by atoms with Gasteiger partial charge in [0.15, 0.2) is 0 Å². The summed E-state index contributed by atoms with van der Waals surface area (Å²) in [7, 11) is 1.76. The number of rotatable bonds is 6. The van der Waals surface area contributed by atoms with E-state index < -0.39 is 0 Å². The molecular formula is C11H20N4OS. The van der Waals surface area contributed by atoms with Gasteiger partial charge in [-0.3, -0.25) is 4.79 Å². The Bertz CT molecular complexity index is 362. The predicted octanol–water partition coefficient (Wildman–Crippen LogP) is 2.13. The zero-order chi connectivity index (χ0) is 12.8. The number of anilines is 1. The monoisotopic (exact) mass is 256 g/mol. The van der Waals surface area contributed by atoms with Gasteiger partial charge in [0, 0.05) is 13.1 Å². The van der Waals surface area contributed by atoms with Gasteiger partial charge in [-0.15, -0.1) is 10.2 Å². The molecular weight excluding hydrogens is 236 g/mol. The molecule has 1 rings (SSSR count). The summed E-state index contributed by atoms with van der Waals surface area (Å²) in [5.74, 6) is 0.374. The number of amides is 1. The van der Waals surface area contributed by atoms with E-state index in [9.17, 15) is 4.79 Å². The van der Waals surface area contributed by atoms with Crippen molar-refractivity contribution in [3.05, 3.63) is 5.01 Å². The lowest BCUT2D eigenvalue weighted by Gasteiger charge is -2.21. The van der Waals surface area contributed by atoms with E-state index in [1.807, 2.05) is 6.92 Å². The van der Waals surface area contributed by atoms with Gasteiger partial charge in [0.05, 0.1) is 0 Å². The smallest absolute Gasteiger partial charge is 0.282 e. The van der Waals surface area contributed by atoms with Gasteiger partial charge in [0.2, 0.25) is 10.1 Å². The summed E-state index contributed by atoms with van der Waals surface area (Å²) < 4.78 is 0. The third-order valence-electron chi connectivity index (χ3n) is 2.95. The van der Waals surface area contributed by atoms with E-state index in [0.717, 1.165) is 12.8 Å². The lowest BCUT2D eigenvalue weighted by molar-refractivity contribution is 0.0924. The molecule has 6 heteroatoms. The molecule has 1 aromatic heterocycles. The van der Waals surface area contributed by atoms with Gasteiger partial charge in [0.1, 0.15) is 0 Å². The number of hydrogen-bond donors (Lipinski definition) is 2. The summed E-state index contributed by atoms with van der Waals surface area (Å²) >= 11 is 1.26. The first-order chi connectivity index (χ1) is 8.12. The SMILES string of the molecule is CCC(CC)C(C)NC(=O)c1nnc(NC)s1. The molecule has 1 atom stereocenters. The van der Waals surface area contributed by atoms with Crippen LogP contribution in [0.3, 0.4) is 0 Å². The van der Waals surface area contributed by atoms with Crippen LogP contribution in [0.5, 0.6) is 0 Å². The van der Waals surface area contributed by atoms with Crippen LogP contribution in [0.2, 0.25) is 0 Å². The third kappa shape index (κ3) is 3.66. The van der Waals surface area contributed by atoms with Gasteiger partial charge in [-0.2, -0.15) is 0 Å². The molecule has 0 bridgehead atoms. The summed E-state index contributed by atoms with van der Waals surface area (Å²) in [5.41, 5.74) is 0. The van der Waals surface area contributed by atoms with Crippen molar-refractivity contribution in [1.82, 2.24) is 15.5 Å². The standard InChI is InChI=1S/C11H20N4OS/c1-5-8(6-2)7(3)13-9(16)10-14-15-11(12-4)17-10/h7-8H,5-6H2,1-4H3,(H,12,15)(H,13,16). The first kappa shape index (κ1) is 13.9. The van der Waals surface area contributed by atoms with Gasteiger partial charge in [-0.25, -0.2) is 0 Å². The maximum absolute atomic E-state index is 11.9. The van der Waals surface area contributed by atoms with Crippen LogP contribution in [-0.4, -0.2) is 29.2 Å². The third-order valence-corrected chi connectivity index (χ3v) is 3.89. The molecule has 0 saturated carbocycles. The molecule has 0 aromatic carbocycles. The summed E-state index contributed by atoms with van der Waals surface area (Å²) in [6.07, 6.45) is 2.13. The van der Waals surface area contributed by atoms with Crippen LogP contribution in [0.1, 0.15) is 43.4 Å². The Kier molecular flexibility index (Phi) is 5.34. The Labute approximate surface area is 106 Å². The molecule has 0 radical (unpaired) electrons. The Morgan fingerprint density at radius 1 is 1.35 bits per heavy atom. The molecule has 1 unspecified atom stereocenters. The lowest BCUT2D eigenvalue weighted by Crippen LogP contribution is -2.37. The first-order valence-electron chi connectivity index (χ1n) is 5.94. The average molecular weight is 256 g/mol. The van der Waals surface area contributed by atoms with Crippen LogP contribution < -0.4 is 10.6 Å². The van der Waals surface area contributed by atoms with Gasteiger partial charge in [0.25, 0.3) is 5.91 Å². The topological polar surface area (TPSA) is 66.9 Å². The first-order valence-corrected chi connectivity index (χ1v) is 6.76. The fourth-order valence-electron chi connectivity index (χ4n) is 1.80. The molecule has 5 nitrogen and oxygen atoms in total. The highest BCUT2D eigenvalue weighted by atomic mass is 32.1. The zero-order valence-corrected chi connectivity index (χ0v) is 11.6. The minimum Gasteiger partial charge on any atom is -0.363 e. The minimum atomic E-state index is -0.136. The molecule has 0 saturated heterocycles. The van der Waals surface area contributed by atoms with E-state index in [1.165, 1.54) is 11.3 Å². The van der Waals surface area contributed by atoms with Gasteiger partial charge >= 0.3 is 0 Å². The summed E-state index contributed by atoms with van der Waals surface area (Å²) in [4.78, 5) is 11.9. The van der Waals surface area contributed by atoms with Crippen molar-refractivity contribution < 1.29 is 4.79 Å². The van der Waals surface area contributed by atoms with Crippen molar-refractivity contribution in [1.29, 1.82) is 0 Å². The number of carbonyl (C=O) groups is 1. The predicted molar refractivity (Wildman–Crippen MR) is 70.5 cm³/mol. The number of nitrogens with zero attached hydrogens (tertiary/aromatic N) is 2. The summed E-state index contributed by atoms with van der Waals surface area (Å²) in [6, 6.07) is 0.166. The van der Waals surface area contributed by atoms with Crippen molar-refractivity contribution in [2.24, 2.45) is 5.92 Å². The Hall–Kier alpha value is -1.17. The van der Waals surface area contributed by atoms with Crippen molar-refractivity contribution in [2.75, 3.05) is 12.4 Å². The van der Waals surface area contributed by atoms with E-state index in [2.05, 4.69) is 34.7 Å². The van der Waals surface area contributed by atoms with Crippen LogP contribution >= 0.6 is 11.3 Å². The van der Waals surface area contributed by atoms with Crippen LogP contribution in [-0.2, 0) is 0 Å². The molecule has 17 heavy (non-hydrogen) atoms. The number of aromatic nitrogens is 2.